The third kappa shape index (κ3) is 5.60. The molecule has 17 heavy (non-hydrogen) atoms. The van der Waals surface area contributed by atoms with Gasteiger partial charge in [0.25, 0.3) is 0 Å². The maximum atomic E-state index is 5.53. The number of hydrogen-bond donors (Lipinski definition) is 1. The summed E-state index contributed by atoms with van der Waals surface area (Å²) in [6.07, 6.45) is 1.60. The molecule has 2 N–H and O–H groups in total. The predicted octanol–water partition coefficient (Wildman–Crippen LogP) is 1.91. The minimum atomic E-state index is -0.142. The van der Waals surface area contributed by atoms with Crippen molar-refractivity contribution in [1.29, 1.82) is 0 Å². The van der Waals surface area contributed by atoms with Crippen LogP contribution in [-0.2, 0) is 4.74 Å². The molecule has 0 saturated carbocycles. The molecule has 0 amide bonds. The molecule has 1 aromatic rings. The summed E-state index contributed by atoms with van der Waals surface area (Å²) in [6.45, 7) is 7.05. The smallest absolute Gasteiger partial charge is 0.137 e. The summed E-state index contributed by atoms with van der Waals surface area (Å²) in [7, 11) is 0. The van der Waals surface area contributed by atoms with Crippen LogP contribution in [0.25, 0.3) is 0 Å². The Bertz CT molecular complexity index is 371. The van der Waals surface area contributed by atoms with E-state index in [1.165, 1.54) is 0 Å². The SMILES string of the molecule is CC(C)(C)OCCOc1ccc(C(N)=S)nc1. The van der Waals surface area contributed by atoms with E-state index in [9.17, 15) is 0 Å². The Morgan fingerprint density at radius 1 is 1.35 bits per heavy atom. The molecule has 0 unspecified atom stereocenters. The minimum absolute atomic E-state index is 0.142. The molecule has 1 heterocycles. The van der Waals surface area contributed by atoms with Gasteiger partial charge < -0.3 is 15.2 Å². The molecule has 0 atom stereocenters. The number of ether oxygens (including phenoxy) is 2. The van der Waals surface area contributed by atoms with Gasteiger partial charge in [0.2, 0.25) is 0 Å². The molecule has 1 aromatic heterocycles. The molecule has 5 heteroatoms. The van der Waals surface area contributed by atoms with Gasteiger partial charge in [-0.05, 0) is 32.9 Å². The summed E-state index contributed by atoms with van der Waals surface area (Å²) >= 11 is 4.81. The van der Waals surface area contributed by atoms with E-state index in [0.717, 1.165) is 0 Å². The number of aromatic nitrogens is 1. The van der Waals surface area contributed by atoms with Crippen molar-refractivity contribution in [3.05, 3.63) is 24.0 Å². The summed E-state index contributed by atoms with van der Waals surface area (Å²) in [5, 5.41) is 0. The minimum Gasteiger partial charge on any atom is -0.490 e. The molecule has 94 valence electrons. The van der Waals surface area contributed by atoms with Crippen LogP contribution >= 0.6 is 12.2 Å². The zero-order valence-electron chi connectivity index (χ0n) is 10.4. The molecule has 4 nitrogen and oxygen atoms in total. The van der Waals surface area contributed by atoms with E-state index in [1.54, 1.807) is 18.3 Å². The van der Waals surface area contributed by atoms with Crippen LogP contribution in [0.3, 0.4) is 0 Å². The molecular formula is C12H18N2O2S. The molecule has 0 fully saturated rings. The first-order valence-corrected chi connectivity index (χ1v) is 5.82. The molecule has 1 rings (SSSR count). The topological polar surface area (TPSA) is 57.4 Å². The van der Waals surface area contributed by atoms with E-state index in [0.29, 0.717) is 24.7 Å². The molecular weight excluding hydrogens is 236 g/mol. The zero-order valence-corrected chi connectivity index (χ0v) is 11.2. The number of pyridine rings is 1. The van der Waals surface area contributed by atoms with Crippen LogP contribution in [0.5, 0.6) is 5.75 Å². The second-order valence-electron chi connectivity index (χ2n) is 4.55. The van der Waals surface area contributed by atoms with Gasteiger partial charge in [-0.25, -0.2) is 4.98 Å². The Morgan fingerprint density at radius 2 is 2.06 bits per heavy atom. The first kappa shape index (κ1) is 13.9. The van der Waals surface area contributed by atoms with Gasteiger partial charge in [-0.2, -0.15) is 0 Å². The lowest BCUT2D eigenvalue weighted by molar-refractivity contribution is -0.0163. The lowest BCUT2D eigenvalue weighted by atomic mass is 10.2. The first-order chi connectivity index (χ1) is 7.88. The van der Waals surface area contributed by atoms with Crippen molar-refractivity contribution in [3.8, 4) is 5.75 Å². The lowest BCUT2D eigenvalue weighted by Gasteiger charge is -2.19. The van der Waals surface area contributed by atoms with E-state index in [2.05, 4.69) is 4.98 Å². The van der Waals surface area contributed by atoms with Gasteiger partial charge >= 0.3 is 0 Å². The Morgan fingerprint density at radius 3 is 2.53 bits per heavy atom. The predicted molar refractivity (Wildman–Crippen MR) is 71.3 cm³/mol. The number of thiocarbonyl (C=S) groups is 1. The first-order valence-electron chi connectivity index (χ1n) is 5.41. The number of rotatable bonds is 5. The van der Waals surface area contributed by atoms with Crippen LogP contribution in [0.2, 0.25) is 0 Å². The Kier molecular flexibility index (Phi) is 4.84. The second-order valence-corrected chi connectivity index (χ2v) is 4.99. The fourth-order valence-electron chi connectivity index (χ4n) is 1.12. The Hall–Kier alpha value is -1.20. The third-order valence-corrected chi connectivity index (χ3v) is 2.09. The van der Waals surface area contributed by atoms with Crippen molar-refractivity contribution in [2.45, 2.75) is 26.4 Å². The second kappa shape index (κ2) is 5.93. The lowest BCUT2D eigenvalue weighted by Crippen LogP contribution is -2.22. The summed E-state index contributed by atoms with van der Waals surface area (Å²) in [6, 6.07) is 3.53. The normalized spacial score (nSPS) is 11.2. The van der Waals surface area contributed by atoms with Gasteiger partial charge in [-0.3, -0.25) is 0 Å². The highest BCUT2D eigenvalue weighted by Gasteiger charge is 2.09. The van der Waals surface area contributed by atoms with E-state index in [1.807, 2.05) is 20.8 Å². The van der Waals surface area contributed by atoms with Gasteiger partial charge in [0.15, 0.2) is 0 Å². The van der Waals surface area contributed by atoms with Crippen LogP contribution in [0.4, 0.5) is 0 Å². The monoisotopic (exact) mass is 254 g/mol. The highest BCUT2D eigenvalue weighted by molar-refractivity contribution is 7.80. The van der Waals surface area contributed by atoms with E-state index in [4.69, 9.17) is 27.4 Å². The highest BCUT2D eigenvalue weighted by Crippen LogP contribution is 2.10. The molecule has 0 saturated heterocycles. The standard InChI is InChI=1S/C12H18N2O2S/c1-12(2,3)16-7-6-15-9-4-5-10(11(13)17)14-8-9/h4-5,8H,6-7H2,1-3H3,(H2,13,17). The van der Waals surface area contributed by atoms with E-state index in [-0.39, 0.29) is 10.6 Å². The molecule has 0 aliphatic rings. The van der Waals surface area contributed by atoms with Crippen molar-refractivity contribution < 1.29 is 9.47 Å². The van der Waals surface area contributed by atoms with E-state index < -0.39 is 0 Å². The number of hydrogen-bond acceptors (Lipinski definition) is 4. The van der Waals surface area contributed by atoms with Crippen molar-refractivity contribution in [2.75, 3.05) is 13.2 Å². The summed E-state index contributed by atoms with van der Waals surface area (Å²) in [5.41, 5.74) is 5.90. The Labute approximate surface area is 107 Å². The molecule has 0 aliphatic heterocycles. The van der Waals surface area contributed by atoms with Crippen LogP contribution in [0.15, 0.2) is 18.3 Å². The Balaban J connectivity index is 2.35. The van der Waals surface area contributed by atoms with Gasteiger partial charge in [-0.1, -0.05) is 12.2 Å². The van der Waals surface area contributed by atoms with Crippen molar-refractivity contribution in [3.63, 3.8) is 0 Å². The largest absolute Gasteiger partial charge is 0.490 e. The van der Waals surface area contributed by atoms with Gasteiger partial charge in [0, 0.05) is 0 Å². The van der Waals surface area contributed by atoms with Crippen LogP contribution < -0.4 is 10.5 Å². The average molecular weight is 254 g/mol. The van der Waals surface area contributed by atoms with Crippen molar-refractivity contribution in [1.82, 2.24) is 4.98 Å². The van der Waals surface area contributed by atoms with E-state index >= 15 is 0 Å². The van der Waals surface area contributed by atoms with Crippen LogP contribution in [0, 0.1) is 0 Å². The summed E-state index contributed by atoms with van der Waals surface area (Å²) < 4.78 is 11.0. The number of nitrogens with zero attached hydrogens (tertiary/aromatic N) is 1. The maximum absolute atomic E-state index is 5.53. The van der Waals surface area contributed by atoms with Crippen LogP contribution in [0.1, 0.15) is 26.5 Å². The molecule has 0 radical (unpaired) electrons. The maximum Gasteiger partial charge on any atom is 0.137 e. The van der Waals surface area contributed by atoms with Crippen LogP contribution in [-0.4, -0.2) is 28.8 Å². The summed E-state index contributed by atoms with van der Waals surface area (Å²) in [4.78, 5) is 4.36. The molecule has 0 aromatic carbocycles. The molecule has 0 spiro atoms. The van der Waals surface area contributed by atoms with Crippen molar-refractivity contribution in [2.24, 2.45) is 5.73 Å². The molecule has 0 aliphatic carbocycles. The fourth-order valence-corrected chi connectivity index (χ4v) is 1.24. The average Bonchev–Trinajstić information content (AvgIpc) is 2.24. The van der Waals surface area contributed by atoms with Gasteiger partial charge in [0.05, 0.1) is 24.1 Å². The van der Waals surface area contributed by atoms with Gasteiger partial charge in [0.1, 0.15) is 17.3 Å². The fraction of sp³-hybridized carbons (Fsp3) is 0.500. The molecule has 0 bridgehead atoms. The summed E-state index contributed by atoms with van der Waals surface area (Å²) in [5.74, 6) is 0.683. The van der Waals surface area contributed by atoms with Crippen molar-refractivity contribution >= 4 is 17.2 Å². The third-order valence-electron chi connectivity index (χ3n) is 1.88. The van der Waals surface area contributed by atoms with Gasteiger partial charge in [-0.15, -0.1) is 0 Å². The quantitative estimate of drug-likeness (QED) is 0.642. The number of nitrogens with two attached hydrogens (primary N) is 1. The highest BCUT2D eigenvalue weighted by atomic mass is 32.1. The zero-order chi connectivity index (χ0) is 12.9.